The molecule has 0 saturated carbocycles. The predicted molar refractivity (Wildman–Crippen MR) is 89.5 cm³/mol. The van der Waals surface area contributed by atoms with Gasteiger partial charge in [-0.15, -0.1) is 0 Å². The minimum absolute atomic E-state index is 0.0736. The first-order chi connectivity index (χ1) is 11.0. The summed E-state index contributed by atoms with van der Waals surface area (Å²) in [5, 5.41) is 10.8. The quantitative estimate of drug-likeness (QED) is 0.474. The van der Waals surface area contributed by atoms with Gasteiger partial charge in [0.1, 0.15) is 16.7 Å². The predicted octanol–water partition coefficient (Wildman–Crippen LogP) is 4.02. The van der Waals surface area contributed by atoms with E-state index >= 15 is 0 Å². The first kappa shape index (κ1) is 16.9. The van der Waals surface area contributed by atoms with E-state index in [0.717, 1.165) is 6.42 Å². The van der Waals surface area contributed by atoms with Gasteiger partial charge in [0.25, 0.3) is 0 Å². The van der Waals surface area contributed by atoms with Crippen molar-refractivity contribution in [1.29, 1.82) is 0 Å². The van der Waals surface area contributed by atoms with Crippen LogP contribution in [-0.2, 0) is 0 Å². The van der Waals surface area contributed by atoms with Crippen LogP contribution >= 0.6 is 0 Å². The summed E-state index contributed by atoms with van der Waals surface area (Å²) in [5.41, 5.74) is -0.431. The first-order valence-electron chi connectivity index (χ1n) is 7.77. The zero-order valence-corrected chi connectivity index (χ0v) is 13.7. The van der Waals surface area contributed by atoms with Crippen molar-refractivity contribution >= 4 is 11.0 Å². The topological polar surface area (TPSA) is 68.9 Å². The van der Waals surface area contributed by atoms with Crippen molar-refractivity contribution in [1.82, 2.24) is 0 Å². The maximum absolute atomic E-state index is 12.0. The van der Waals surface area contributed by atoms with E-state index in [0.29, 0.717) is 17.6 Å². The van der Waals surface area contributed by atoms with Gasteiger partial charge < -0.3 is 19.0 Å². The highest BCUT2D eigenvalue weighted by atomic mass is 16.5. The molecule has 1 aromatic carbocycles. The molecular weight excluding hydrogens is 296 g/mol. The van der Waals surface area contributed by atoms with Crippen LogP contribution < -0.4 is 15.1 Å². The van der Waals surface area contributed by atoms with E-state index in [9.17, 15) is 9.90 Å². The molecule has 124 valence electrons. The smallest absolute Gasteiger partial charge is 0.383 e. The van der Waals surface area contributed by atoms with E-state index in [4.69, 9.17) is 13.9 Å². The average molecular weight is 318 g/mol. The molecule has 0 bridgehead atoms. The maximum atomic E-state index is 12.0. The number of aromatic hydroxyl groups is 1. The lowest BCUT2D eigenvalue weighted by Crippen LogP contribution is -2.10. The van der Waals surface area contributed by atoms with E-state index < -0.39 is 5.63 Å². The molecule has 0 atom stereocenters. The lowest BCUT2D eigenvalue weighted by molar-refractivity contribution is 0.243. The summed E-state index contributed by atoms with van der Waals surface area (Å²) >= 11 is 0. The SMILES string of the molecule is CCC=CCCOc1c(O)c2c(OC(C)C)cccc2oc1=O. The second-order valence-corrected chi connectivity index (χ2v) is 5.38. The number of fused-ring (bicyclic) bond motifs is 1. The minimum atomic E-state index is -0.698. The normalized spacial score (nSPS) is 11.5. The Balaban J connectivity index is 2.37. The fourth-order valence-electron chi connectivity index (χ4n) is 2.18. The van der Waals surface area contributed by atoms with Crippen LogP contribution in [0.2, 0.25) is 0 Å². The Morgan fingerprint density at radius 1 is 1.30 bits per heavy atom. The number of ether oxygens (including phenoxy) is 2. The highest BCUT2D eigenvalue weighted by Crippen LogP contribution is 2.38. The van der Waals surface area contributed by atoms with Crippen LogP contribution in [0.4, 0.5) is 0 Å². The molecule has 0 aliphatic heterocycles. The van der Waals surface area contributed by atoms with Gasteiger partial charge >= 0.3 is 5.63 Å². The minimum Gasteiger partial charge on any atom is -0.503 e. The van der Waals surface area contributed by atoms with Crippen molar-refractivity contribution in [2.24, 2.45) is 0 Å². The number of benzene rings is 1. The van der Waals surface area contributed by atoms with Crippen molar-refractivity contribution in [2.75, 3.05) is 6.61 Å². The van der Waals surface area contributed by atoms with E-state index in [1.54, 1.807) is 18.2 Å². The van der Waals surface area contributed by atoms with E-state index in [1.807, 2.05) is 32.9 Å². The zero-order chi connectivity index (χ0) is 16.8. The summed E-state index contributed by atoms with van der Waals surface area (Å²) in [6.07, 6.45) is 5.50. The van der Waals surface area contributed by atoms with Gasteiger partial charge in [0, 0.05) is 0 Å². The molecule has 1 N–H and O–H groups in total. The van der Waals surface area contributed by atoms with Gasteiger partial charge in [-0.1, -0.05) is 25.1 Å². The molecule has 5 heteroatoms. The van der Waals surface area contributed by atoms with Crippen LogP contribution in [0.3, 0.4) is 0 Å². The molecule has 0 fully saturated rings. The van der Waals surface area contributed by atoms with Gasteiger partial charge in [-0.3, -0.25) is 0 Å². The summed E-state index contributed by atoms with van der Waals surface area (Å²) in [5.74, 6) is 0.0312. The Labute approximate surface area is 135 Å². The molecule has 2 rings (SSSR count). The second-order valence-electron chi connectivity index (χ2n) is 5.38. The third-order valence-corrected chi connectivity index (χ3v) is 3.12. The number of allylic oxidation sites excluding steroid dienone is 1. The molecule has 0 radical (unpaired) electrons. The van der Waals surface area contributed by atoms with Crippen LogP contribution in [0, 0.1) is 0 Å². The molecule has 0 aliphatic rings. The highest BCUT2D eigenvalue weighted by Gasteiger charge is 2.19. The number of hydrogen-bond donors (Lipinski definition) is 1. The van der Waals surface area contributed by atoms with Gasteiger partial charge in [-0.05, 0) is 38.8 Å². The summed E-state index contributed by atoms with van der Waals surface area (Å²) in [4.78, 5) is 12.0. The number of rotatable bonds is 7. The fourth-order valence-corrected chi connectivity index (χ4v) is 2.18. The molecule has 0 amide bonds. The Morgan fingerprint density at radius 2 is 2.09 bits per heavy atom. The van der Waals surface area contributed by atoms with Crippen LogP contribution in [0.1, 0.15) is 33.6 Å². The third kappa shape index (κ3) is 4.06. The standard InChI is InChI=1S/C18H22O5/c1-4-5-6-7-11-21-17-16(19)15-13(22-12(2)3)9-8-10-14(15)23-18(17)20/h5-6,8-10,12,19H,4,7,11H2,1-3H3. The van der Waals surface area contributed by atoms with Crippen molar-refractivity contribution in [2.45, 2.75) is 39.7 Å². The lowest BCUT2D eigenvalue weighted by atomic mass is 10.2. The van der Waals surface area contributed by atoms with E-state index in [2.05, 4.69) is 0 Å². The summed E-state index contributed by atoms with van der Waals surface area (Å²) < 4.78 is 16.3. The fraction of sp³-hybridized carbons (Fsp3) is 0.389. The van der Waals surface area contributed by atoms with E-state index in [-0.39, 0.29) is 29.8 Å². The zero-order valence-electron chi connectivity index (χ0n) is 13.7. The third-order valence-electron chi connectivity index (χ3n) is 3.12. The largest absolute Gasteiger partial charge is 0.503 e. The molecule has 2 aromatic rings. The molecule has 0 unspecified atom stereocenters. The summed E-state index contributed by atoms with van der Waals surface area (Å²) in [6.45, 7) is 6.09. The molecule has 23 heavy (non-hydrogen) atoms. The van der Waals surface area contributed by atoms with Crippen molar-refractivity contribution in [3.8, 4) is 17.2 Å². The van der Waals surface area contributed by atoms with Gasteiger partial charge in [0.15, 0.2) is 5.75 Å². The van der Waals surface area contributed by atoms with E-state index in [1.165, 1.54) is 0 Å². The van der Waals surface area contributed by atoms with Crippen LogP contribution in [-0.4, -0.2) is 17.8 Å². The van der Waals surface area contributed by atoms with Gasteiger partial charge in [-0.25, -0.2) is 4.79 Å². The first-order valence-corrected chi connectivity index (χ1v) is 7.77. The van der Waals surface area contributed by atoms with Crippen molar-refractivity contribution in [3.63, 3.8) is 0 Å². The van der Waals surface area contributed by atoms with Gasteiger partial charge in [-0.2, -0.15) is 0 Å². The molecule has 0 aliphatic carbocycles. The average Bonchev–Trinajstić information content (AvgIpc) is 2.49. The number of hydrogen-bond acceptors (Lipinski definition) is 5. The van der Waals surface area contributed by atoms with Crippen LogP contribution in [0.5, 0.6) is 17.2 Å². The molecule has 5 nitrogen and oxygen atoms in total. The molecule has 1 heterocycles. The molecule has 0 spiro atoms. The van der Waals surface area contributed by atoms with Crippen LogP contribution in [0.15, 0.2) is 39.6 Å². The molecular formula is C18H22O5. The highest BCUT2D eigenvalue weighted by molar-refractivity contribution is 5.91. The molecule has 1 aromatic heterocycles. The van der Waals surface area contributed by atoms with Crippen molar-refractivity contribution in [3.05, 3.63) is 40.8 Å². The van der Waals surface area contributed by atoms with Gasteiger partial charge in [0.05, 0.1) is 12.7 Å². The Morgan fingerprint density at radius 3 is 2.78 bits per heavy atom. The Bertz CT molecular complexity index is 743. The summed E-state index contributed by atoms with van der Waals surface area (Å²) in [7, 11) is 0. The molecule has 0 saturated heterocycles. The summed E-state index contributed by atoms with van der Waals surface area (Å²) in [6, 6.07) is 5.03. The van der Waals surface area contributed by atoms with Crippen molar-refractivity contribution < 1.29 is 19.0 Å². The maximum Gasteiger partial charge on any atom is 0.383 e. The van der Waals surface area contributed by atoms with Crippen LogP contribution in [0.25, 0.3) is 11.0 Å². The monoisotopic (exact) mass is 318 g/mol. The Hall–Kier alpha value is -2.43. The Kier molecular flexibility index (Phi) is 5.68. The lowest BCUT2D eigenvalue weighted by Gasteiger charge is -2.14. The van der Waals surface area contributed by atoms with Gasteiger partial charge in [0.2, 0.25) is 5.75 Å². The second kappa shape index (κ2) is 7.72.